The quantitative estimate of drug-likeness (QED) is 0.710. The van der Waals surface area contributed by atoms with Crippen LogP contribution in [0.4, 0.5) is 4.79 Å². The molecule has 6 nitrogen and oxygen atoms in total. The summed E-state index contributed by atoms with van der Waals surface area (Å²) in [7, 11) is 0. The molecule has 0 aliphatic rings. The summed E-state index contributed by atoms with van der Waals surface area (Å²) >= 11 is 0. The van der Waals surface area contributed by atoms with Gasteiger partial charge in [0.15, 0.2) is 5.82 Å². The molecule has 1 heterocycles. The summed E-state index contributed by atoms with van der Waals surface area (Å²) in [5.41, 5.74) is 0. The third-order valence-electron chi connectivity index (χ3n) is 1.31. The highest BCUT2D eigenvalue weighted by molar-refractivity contribution is 5.66. The van der Waals surface area contributed by atoms with Crippen LogP contribution >= 0.6 is 0 Å². The second kappa shape index (κ2) is 4.44. The van der Waals surface area contributed by atoms with Gasteiger partial charge in [0, 0.05) is 0 Å². The number of ether oxygens (including phenoxy) is 1. The smallest absolute Gasteiger partial charge is 0.407 e. The van der Waals surface area contributed by atoms with Crippen LogP contribution in [-0.4, -0.2) is 27.9 Å². The van der Waals surface area contributed by atoms with Crippen LogP contribution in [0.25, 0.3) is 0 Å². The van der Waals surface area contributed by atoms with Crippen molar-refractivity contribution in [2.45, 2.75) is 20.4 Å². The molecule has 1 aromatic heterocycles. The van der Waals surface area contributed by atoms with Gasteiger partial charge in [-0.1, -0.05) is 0 Å². The standard InChI is InChI=1S/C7H12N4O2/c1-3-13-7(12)8-4-6-9-5(2)10-11-6/h3-4H2,1-2H3,(H,8,12)(H,9,10,11). The van der Waals surface area contributed by atoms with Crippen LogP contribution < -0.4 is 5.32 Å². The van der Waals surface area contributed by atoms with E-state index in [1.807, 2.05) is 0 Å². The summed E-state index contributed by atoms with van der Waals surface area (Å²) in [6.45, 7) is 4.18. The molecule has 0 fully saturated rings. The number of amides is 1. The molecule has 0 unspecified atom stereocenters. The van der Waals surface area contributed by atoms with Crippen LogP contribution in [0.3, 0.4) is 0 Å². The van der Waals surface area contributed by atoms with E-state index in [-0.39, 0.29) is 6.54 Å². The molecule has 0 saturated heterocycles. The molecule has 1 rings (SSSR count). The van der Waals surface area contributed by atoms with E-state index in [4.69, 9.17) is 0 Å². The van der Waals surface area contributed by atoms with E-state index in [9.17, 15) is 4.79 Å². The lowest BCUT2D eigenvalue weighted by Gasteiger charge is -2.01. The van der Waals surface area contributed by atoms with Gasteiger partial charge in [0.1, 0.15) is 5.82 Å². The molecular weight excluding hydrogens is 172 g/mol. The highest BCUT2D eigenvalue weighted by atomic mass is 16.5. The maximum Gasteiger partial charge on any atom is 0.407 e. The van der Waals surface area contributed by atoms with E-state index in [2.05, 4.69) is 25.2 Å². The van der Waals surface area contributed by atoms with E-state index in [1.165, 1.54) is 0 Å². The molecule has 0 spiro atoms. The maximum atomic E-state index is 10.8. The molecule has 1 amide bonds. The predicted molar refractivity (Wildman–Crippen MR) is 45.0 cm³/mol. The Bertz CT molecular complexity index is 284. The number of nitrogens with zero attached hydrogens (tertiary/aromatic N) is 2. The summed E-state index contributed by atoms with van der Waals surface area (Å²) in [5.74, 6) is 1.27. The summed E-state index contributed by atoms with van der Waals surface area (Å²) in [5, 5.41) is 9.02. The van der Waals surface area contributed by atoms with Gasteiger partial charge >= 0.3 is 6.09 Å². The Balaban J connectivity index is 2.30. The van der Waals surface area contributed by atoms with Crippen molar-refractivity contribution in [3.63, 3.8) is 0 Å². The predicted octanol–water partition coefficient (Wildman–Crippen LogP) is 0.359. The molecule has 1 aromatic rings. The Morgan fingerprint density at radius 1 is 1.69 bits per heavy atom. The molecule has 0 atom stereocenters. The van der Waals surface area contributed by atoms with Crippen molar-refractivity contribution in [3.05, 3.63) is 11.6 Å². The van der Waals surface area contributed by atoms with Crippen LogP contribution in [0.15, 0.2) is 0 Å². The molecule has 0 aromatic carbocycles. The fourth-order valence-electron chi connectivity index (χ4n) is 0.801. The summed E-state index contributed by atoms with van der Waals surface area (Å²) in [6.07, 6.45) is -0.454. The monoisotopic (exact) mass is 184 g/mol. The number of aromatic nitrogens is 3. The van der Waals surface area contributed by atoms with Gasteiger partial charge in [-0.25, -0.2) is 9.78 Å². The first kappa shape index (κ1) is 9.50. The fraction of sp³-hybridized carbons (Fsp3) is 0.571. The lowest BCUT2D eigenvalue weighted by atomic mass is 10.6. The lowest BCUT2D eigenvalue weighted by molar-refractivity contribution is 0.151. The number of nitrogens with one attached hydrogen (secondary N) is 2. The Morgan fingerprint density at radius 2 is 2.46 bits per heavy atom. The van der Waals surface area contributed by atoms with Gasteiger partial charge in [0.2, 0.25) is 0 Å². The van der Waals surface area contributed by atoms with Crippen molar-refractivity contribution in [2.75, 3.05) is 6.61 Å². The van der Waals surface area contributed by atoms with Crippen molar-refractivity contribution >= 4 is 6.09 Å². The van der Waals surface area contributed by atoms with Crippen LogP contribution in [0, 0.1) is 6.92 Å². The van der Waals surface area contributed by atoms with Crippen LogP contribution in [-0.2, 0) is 11.3 Å². The second-order valence-corrected chi connectivity index (χ2v) is 2.41. The van der Waals surface area contributed by atoms with Gasteiger partial charge < -0.3 is 10.1 Å². The normalized spacial score (nSPS) is 9.69. The highest BCUT2D eigenvalue weighted by Crippen LogP contribution is 1.89. The van der Waals surface area contributed by atoms with E-state index in [0.717, 1.165) is 5.82 Å². The number of aryl methyl sites for hydroxylation is 1. The van der Waals surface area contributed by atoms with E-state index < -0.39 is 6.09 Å². The summed E-state index contributed by atoms with van der Waals surface area (Å²) in [6, 6.07) is 0. The number of hydrogen-bond acceptors (Lipinski definition) is 4. The number of carbonyl (C=O) groups excluding carboxylic acids is 1. The zero-order chi connectivity index (χ0) is 9.68. The molecule has 0 bridgehead atoms. The largest absolute Gasteiger partial charge is 0.450 e. The van der Waals surface area contributed by atoms with Gasteiger partial charge in [-0.05, 0) is 13.8 Å². The van der Waals surface area contributed by atoms with Gasteiger partial charge in [-0.3, -0.25) is 5.10 Å². The molecular formula is C7H12N4O2. The second-order valence-electron chi connectivity index (χ2n) is 2.41. The minimum absolute atomic E-state index is 0.281. The number of aromatic amines is 1. The van der Waals surface area contributed by atoms with Gasteiger partial charge in [-0.15, -0.1) is 0 Å². The molecule has 0 aliphatic carbocycles. The molecule has 0 radical (unpaired) electrons. The SMILES string of the molecule is CCOC(=O)NCc1n[nH]c(C)n1. The topological polar surface area (TPSA) is 79.9 Å². The van der Waals surface area contributed by atoms with E-state index >= 15 is 0 Å². The number of rotatable bonds is 3. The molecule has 6 heteroatoms. The van der Waals surface area contributed by atoms with Crippen LogP contribution in [0.5, 0.6) is 0 Å². The average Bonchev–Trinajstić information content (AvgIpc) is 2.49. The molecule has 13 heavy (non-hydrogen) atoms. The average molecular weight is 184 g/mol. The Labute approximate surface area is 75.7 Å². The number of carbonyl (C=O) groups is 1. The Kier molecular flexibility index (Phi) is 3.24. The first-order valence-electron chi connectivity index (χ1n) is 4.01. The summed E-state index contributed by atoms with van der Waals surface area (Å²) in [4.78, 5) is 14.8. The first-order valence-corrected chi connectivity index (χ1v) is 4.01. The van der Waals surface area contributed by atoms with E-state index in [0.29, 0.717) is 12.4 Å². The van der Waals surface area contributed by atoms with Crippen molar-refractivity contribution in [2.24, 2.45) is 0 Å². The molecule has 72 valence electrons. The van der Waals surface area contributed by atoms with Crippen LogP contribution in [0.1, 0.15) is 18.6 Å². The first-order chi connectivity index (χ1) is 6.22. The summed E-state index contributed by atoms with van der Waals surface area (Å²) < 4.78 is 4.65. The minimum atomic E-state index is -0.454. The molecule has 0 saturated carbocycles. The van der Waals surface area contributed by atoms with Gasteiger partial charge in [-0.2, -0.15) is 5.10 Å². The molecule has 0 aliphatic heterocycles. The van der Waals surface area contributed by atoms with Gasteiger partial charge in [0.25, 0.3) is 0 Å². The molecule has 2 N–H and O–H groups in total. The fourth-order valence-corrected chi connectivity index (χ4v) is 0.801. The third-order valence-corrected chi connectivity index (χ3v) is 1.31. The van der Waals surface area contributed by atoms with E-state index in [1.54, 1.807) is 13.8 Å². The van der Waals surface area contributed by atoms with Crippen LogP contribution in [0.2, 0.25) is 0 Å². The third kappa shape index (κ3) is 3.10. The number of hydrogen-bond donors (Lipinski definition) is 2. The maximum absolute atomic E-state index is 10.8. The van der Waals surface area contributed by atoms with Crippen molar-refractivity contribution in [1.82, 2.24) is 20.5 Å². The Hall–Kier alpha value is -1.59. The number of H-pyrrole nitrogens is 1. The zero-order valence-electron chi connectivity index (χ0n) is 7.63. The van der Waals surface area contributed by atoms with Gasteiger partial charge in [0.05, 0.1) is 13.2 Å². The van der Waals surface area contributed by atoms with Crippen molar-refractivity contribution in [3.8, 4) is 0 Å². The zero-order valence-corrected chi connectivity index (χ0v) is 7.63. The minimum Gasteiger partial charge on any atom is -0.450 e. The lowest BCUT2D eigenvalue weighted by Crippen LogP contribution is -2.24. The van der Waals surface area contributed by atoms with Crippen molar-refractivity contribution in [1.29, 1.82) is 0 Å². The van der Waals surface area contributed by atoms with Crippen molar-refractivity contribution < 1.29 is 9.53 Å². The highest BCUT2D eigenvalue weighted by Gasteiger charge is 2.03. The Morgan fingerprint density at radius 3 is 3.00 bits per heavy atom. The number of alkyl carbamates (subject to hydrolysis) is 1.